The zero-order chi connectivity index (χ0) is 13.7. The maximum atomic E-state index is 13.3. The molecule has 1 aliphatic rings. The number of hydrogen-bond donors (Lipinski definition) is 0. The van der Waals surface area contributed by atoms with Gasteiger partial charge in [-0.1, -0.05) is 44.2 Å². The van der Waals surface area contributed by atoms with Crippen LogP contribution in [0.25, 0.3) is 0 Å². The van der Waals surface area contributed by atoms with E-state index in [1.165, 1.54) is 0 Å². The van der Waals surface area contributed by atoms with Crippen LogP contribution in [0, 0.1) is 0 Å². The SMILES string of the molecule is CCN1CC=CCN(CC)P1(=O)Oc1ccccc1. The van der Waals surface area contributed by atoms with Gasteiger partial charge in [0, 0.05) is 26.2 Å². The highest BCUT2D eigenvalue weighted by molar-refractivity contribution is 7.54. The lowest BCUT2D eigenvalue weighted by atomic mass is 10.3. The van der Waals surface area contributed by atoms with E-state index in [1.54, 1.807) is 0 Å². The summed E-state index contributed by atoms with van der Waals surface area (Å²) in [6.07, 6.45) is 4.11. The van der Waals surface area contributed by atoms with E-state index in [9.17, 15) is 4.57 Å². The van der Waals surface area contributed by atoms with Crippen LogP contribution in [0.15, 0.2) is 42.5 Å². The monoisotopic (exact) mass is 280 g/mol. The Morgan fingerprint density at radius 1 is 1.05 bits per heavy atom. The van der Waals surface area contributed by atoms with Gasteiger partial charge in [0.1, 0.15) is 5.75 Å². The standard InChI is InChI=1S/C14H21N2O2P/c1-3-15-12-8-9-13-16(4-2)19(15,17)18-14-10-6-5-7-11-14/h5-11H,3-4,12-13H2,1-2H3. The molecule has 0 amide bonds. The zero-order valence-corrected chi connectivity index (χ0v) is 12.4. The summed E-state index contributed by atoms with van der Waals surface area (Å²) in [5, 5.41) is 0. The van der Waals surface area contributed by atoms with Gasteiger partial charge in [0.2, 0.25) is 0 Å². The van der Waals surface area contributed by atoms with Gasteiger partial charge in [-0.2, -0.15) is 0 Å². The van der Waals surface area contributed by atoms with Gasteiger partial charge in [0.15, 0.2) is 0 Å². The minimum atomic E-state index is -2.99. The number of nitrogens with zero attached hydrogens (tertiary/aromatic N) is 2. The van der Waals surface area contributed by atoms with Gasteiger partial charge in [0.25, 0.3) is 0 Å². The largest absolute Gasteiger partial charge is 0.422 e. The molecule has 4 nitrogen and oxygen atoms in total. The van der Waals surface area contributed by atoms with E-state index < -0.39 is 7.67 Å². The van der Waals surface area contributed by atoms with Crippen molar-refractivity contribution in [2.45, 2.75) is 13.8 Å². The maximum Gasteiger partial charge on any atom is 0.396 e. The van der Waals surface area contributed by atoms with Crippen molar-refractivity contribution in [1.82, 2.24) is 9.34 Å². The van der Waals surface area contributed by atoms with Crippen molar-refractivity contribution in [2.75, 3.05) is 26.2 Å². The molecule has 0 bridgehead atoms. The lowest BCUT2D eigenvalue weighted by molar-refractivity contribution is 0.308. The Labute approximate surface area is 115 Å². The van der Waals surface area contributed by atoms with Crippen molar-refractivity contribution in [3.8, 4) is 5.75 Å². The first-order valence-electron chi connectivity index (χ1n) is 6.71. The fourth-order valence-corrected chi connectivity index (χ4v) is 4.43. The predicted octanol–water partition coefficient (Wildman–Crippen LogP) is 3.39. The highest BCUT2D eigenvalue weighted by Gasteiger charge is 2.38. The van der Waals surface area contributed by atoms with E-state index in [0.717, 1.165) is 0 Å². The maximum absolute atomic E-state index is 13.3. The summed E-state index contributed by atoms with van der Waals surface area (Å²) in [4.78, 5) is 0. The fourth-order valence-electron chi connectivity index (χ4n) is 2.13. The molecule has 0 fully saturated rings. The van der Waals surface area contributed by atoms with Crippen LogP contribution in [0.1, 0.15) is 13.8 Å². The number of rotatable bonds is 4. The molecule has 0 aromatic heterocycles. The second-order valence-electron chi connectivity index (χ2n) is 4.38. The van der Waals surface area contributed by atoms with Crippen molar-refractivity contribution >= 4 is 7.67 Å². The summed E-state index contributed by atoms with van der Waals surface area (Å²) >= 11 is 0. The van der Waals surface area contributed by atoms with Crippen molar-refractivity contribution in [3.05, 3.63) is 42.5 Å². The summed E-state index contributed by atoms with van der Waals surface area (Å²) in [7, 11) is -2.99. The van der Waals surface area contributed by atoms with Gasteiger partial charge in [0.05, 0.1) is 0 Å². The molecule has 104 valence electrons. The van der Waals surface area contributed by atoms with Crippen LogP contribution in [-0.2, 0) is 4.57 Å². The lowest BCUT2D eigenvalue weighted by Gasteiger charge is -2.34. The smallest absolute Gasteiger partial charge is 0.396 e. The second kappa shape index (κ2) is 6.38. The molecular weight excluding hydrogens is 259 g/mol. The number of hydrogen-bond acceptors (Lipinski definition) is 2. The van der Waals surface area contributed by atoms with E-state index in [-0.39, 0.29) is 0 Å². The van der Waals surface area contributed by atoms with E-state index in [2.05, 4.69) is 12.2 Å². The Hall–Kier alpha value is -1.09. The molecule has 1 aliphatic heterocycles. The Balaban J connectivity index is 2.31. The van der Waals surface area contributed by atoms with Crippen LogP contribution < -0.4 is 4.52 Å². The third-order valence-electron chi connectivity index (χ3n) is 3.21. The Morgan fingerprint density at radius 3 is 2.05 bits per heavy atom. The molecule has 1 aromatic carbocycles. The molecule has 0 radical (unpaired) electrons. The van der Waals surface area contributed by atoms with Gasteiger partial charge in [-0.25, -0.2) is 13.9 Å². The number of benzene rings is 1. The highest BCUT2D eigenvalue weighted by atomic mass is 31.2. The van der Waals surface area contributed by atoms with Crippen LogP contribution in [0.3, 0.4) is 0 Å². The van der Waals surface area contributed by atoms with Gasteiger partial charge >= 0.3 is 7.67 Å². The third-order valence-corrected chi connectivity index (χ3v) is 5.98. The first kappa shape index (κ1) is 14.3. The van der Waals surface area contributed by atoms with E-state index >= 15 is 0 Å². The molecule has 1 aromatic rings. The summed E-state index contributed by atoms with van der Waals surface area (Å²) in [5.41, 5.74) is 0. The molecular formula is C14H21N2O2P. The van der Waals surface area contributed by atoms with E-state index in [0.29, 0.717) is 31.9 Å². The Bertz CT molecular complexity index is 456. The van der Waals surface area contributed by atoms with Crippen molar-refractivity contribution in [1.29, 1.82) is 0 Å². The van der Waals surface area contributed by atoms with Gasteiger partial charge in [-0.3, -0.25) is 0 Å². The minimum absolute atomic E-state index is 0.657. The topological polar surface area (TPSA) is 32.8 Å². The number of para-hydroxylation sites is 1. The predicted molar refractivity (Wildman–Crippen MR) is 78.3 cm³/mol. The van der Waals surface area contributed by atoms with E-state index in [1.807, 2.05) is 53.5 Å². The molecule has 0 N–H and O–H groups in total. The van der Waals surface area contributed by atoms with Crippen LogP contribution in [0.2, 0.25) is 0 Å². The summed E-state index contributed by atoms with van der Waals surface area (Å²) in [5.74, 6) is 0.657. The van der Waals surface area contributed by atoms with Gasteiger partial charge in [-0.15, -0.1) is 0 Å². The lowest BCUT2D eigenvalue weighted by Crippen LogP contribution is -2.33. The molecule has 0 unspecified atom stereocenters. The molecule has 19 heavy (non-hydrogen) atoms. The average Bonchev–Trinajstić information content (AvgIpc) is 2.58. The summed E-state index contributed by atoms with van der Waals surface area (Å²) in [6, 6.07) is 9.40. The number of likely N-dealkylation sites (N-methyl/N-ethyl adjacent to an activating group) is 2. The van der Waals surface area contributed by atoms with Crippen LogP contribution >= 0.6 is 7.67 Å². The highest BCUT2D eigenvalue weighted by Crippen LogP contribution is 2.54. The summed E-state index contributed by atoms with van der Waals surface area (Å²) < 4.78 is 23.1. The first-order chi connectivity index (χ1) is 9.20. The third kappa shape index (κ3) is 3.08. The second-order valence-corrected chi connectivity index (χ2v) is 6.67. The van der Waals surface area contributed by atoms with Crippen molar-refractivity contribution in [2.24, 2.45) is 0 Å². The zero-order valence-electron chi connectivity index (χ0n) is 11.5. The fraction of sp³-hybridized carbons (Fsp3) is 0.429. The molecule has 5 heteroatoms. The van der Waals surface area contributed by atoms with Crippen LogP contribution in [0.5, 0.6) is 5.75 Å². The Morgan fingerprint density at radius 2 is 1.58 bits per heavy atom. The molecule has 2 rings (SSSR count). The average molecular weight is 280 g/mol. The molecule has 0 saturated carbocycles. The quantitative estimate of drug-likeness (QED) is 0.625. The first-order valence-corrected chi connectivity index (χ1v) is 8.24. The van der Waals surface area contributed by atoms with Crippen molar-refractivity contribution < 1.29 is 9.09 Å². The summed E-state index contributed by atoms with van der Waals surface area (Å²) in [6.45, 7) is 6.74. The molecule has 1 heterocycles. The molecule has 0 spiro atoms. The Kier molecular flexibility index (Phi) is 4.81. The molecule has 0 saturated heterocycles. The van der Waals surface area contributed by atoms with Gasteiger partial charge < -0.3 is 4.52 Å². The minimum Gasteiger partial charge on any atom is -0.422 e. The molecule has 0 aliphatic carbocycles. The van der Waals surface area contributed by atoms with Gasteiger partial charge in [-0.05, 0) is 12.1 Å². The van der Waals surface area contributed by atoms with Crippen LogP contribution in [0.4, 0.5) is 0 Å². The van der Waals surface area contributed by atoms with Crippen molar-refractivity contribution in [3.63, 3.8) is 0 Å². The van der Waals surface area contributed by atoms with Crippen LogP contribution in [-0.4, -0.2) is 35.5 Å². The molecule has 0 atom stereocenters. The van der Waals surface area contributed by atoms with E-state index in [4.69, 9.17) is 4.52 Å². The normalized spacial score (nSPS) is 20.1.